The molecular weight excluding hydrogens is 589 g/mol. The maximum atomic E-state index is 14.5. The number of piperidine rings is 1. The number of rotatable bonds is 6. The molecular formula is C35H30FN5O5. The smallest absolute Gasteiger partial charge is 0.259 e. The lowest BCUT2D eigenvalue weighted by molar-refractivity contribution is -0.276. The predicted molar refractivity (Wildman–Crippen MR) is 167 cm³/mol. The van der Waals surface area contributed by atoms with Crippen molar-refractivity contribution in [3.8, 4) is 6.07 Å². The van der Waals surface area contributed by atoms with Gasteiger partial charge in [0.15, 0.2) is 0 Å². The van der Waals surface area contributed by atoms with Gasteiger partial charge in [0.25, 0.3) is 11.8 Å². The molecule has 3 aliphatic heterocycles. The van der Waals surface area contributed by atoms with Gasteiger partial charge in [0, 0.05) is 49.1 Å². The summed E-state index contributed by atoms with van der Waals surface area (Å²) in [6.45, 7) is 1.31. The van der Waals surface area contributed by atoms with Crippen LogP contribution in [-0.4, -0.2) is 65.1 Å². The van der Waals surface area contributed by atoms with Gasteiger partial charge in [-0.25, -0.2) is 9.29 Å². The molecule has 3 amide bonds. The fourth-order valence-electron chi connectivity index (χ4n) is 6.80. The molecule has 0 bridgehead atoms. The van der Waals surface area contributed by atoms with Gasteiger partial charge in [-0.05, 0) is 59.7 Å². The number of aliphatic hydroxyl groups is 2. The standard InChI is InChI=1S/C35H30FN5O5/c36-27-19-22(20-37)6-10-28(27)39-14-16-40(17-15-39)35(45,46)24-8-4-21(5-9-24)18-23-7-11-29-32-25(23)2-1-3-26(32)34(44)41(29)30-12-13-31(42)38-33(30)43/h1-11,19,30,45-46H,12-18H2,(H,38,42,43). The van der Waals surface area contributed by atoms with Crippen LogP contribution in [0.1, 0.15) is 45.5 Å². The molecule has 0 saturated carbocycles. The Kier molecular flexibility index (Phi) is 7.28. The molecule has 0 aliphatic carbocycles. The zero-order valence-electron chi connectivity index (χ0n) is 24.7. The largest absolute Gasteiger partial charge is 0.367 e. The van der Waals surface area contributed by atoms with E-state index in [2.05, 4.69) is 5.32 Å². The summed E-state index contributed by atoms with van der Waals surface area (Å²) in [5.41, 5.74) is 3.98. The Balaban J connectivity index is 1.07. The van der Waals surface area contributed by atoms with Gasteiger partial charge in [-0.3, -0.25) is 24.6 Å². The van der Waals surface area contributed by atoms with Gasteiger partial charge in [-0.2, -0.15) is 5.26 Å². The second-order valence-electron chi connectivity index (χ2n) is 11.9. The number of nitriles is 1. The second-order valence-corrected chi connectivity index (χ2v) is 11.9. The topological polar surface area (TPSA) is 137 Å². The second kappa shape index (κ2) is 11.3. The summed E-state index contributed by atoms with van der Waals surface area (Å²) < 4.78 is 14.5. The maximum absolute atomic E-state index is 14.5. The van der Waals surface area contributed by atoms with Gasteiger partial charge in [-0.15, -0.1) is 0 Å². The van der Waals surface area contributed by atoms with E-state index in [1.807, 2.05) is 47.4 Å². The summed E-state index contributed by atoms with van der Waals surface area (Å²) in [5.74, 6) is -3.78. The van der Waals surface area contributed by atoms with Crippen LogP contribution in [0.4, 0.5) is 15.8 Å². The number of halogens is 1. The minimum atomic E-state index is -2.23. The van der Waals surface area contributed by atoms with E-state index >= 15 is 0 Å². The number of nitrogens with zero attached hydrogens (tertiary/aromatic N) is 4. The first kappa shape index (κ1) is 29.6. The van der Waals surface area contributed by atoms with Crippen LogP contribution in [0.3, 0.4) is 0 Å². The molecule has 3 heterocycles. The molecule has 7 rings (SSSR count). The van der Waals surface area contributed by atoms with Crippen molar-refractivity contribution < 1.29 is 29.0 Å². The molecule has 4 aromatic carbocycles. The summed E-state index contributed by atoms with van der Waals surface area (Å²) in [6, 6.07) is 21.8. The molecule has 3 aliphatic rings. The highest BCUT2D eigenvalue weighted by Gasteiger charge is 2.41. The van der Waals surface area contributed by atoms with Gasteiger partial charge in [-0.1, -0.05) is 42.5 Å². The lowest BCUT2D eigenvalue weighted by atomic mass is 9.95. The van der Waals surface area contributed by atoms with Crippen LogP contribution in [-0.2, 0) is 21.9 Å². The number of anilines is 2. The third-order valence-electron chi connectivity index (χ3n) is 9.21. The van der Waals surface area contributed by atoms with E-state index in [1.54, 1.807) is 30.3 Å². The highest BCUT2D eigenvalue weighted by atomic mass is 19.1. The summed E-state index contributed by atoms with van der Waals surface area (Å²) in [7, 11) is 0. The molecule has 1 unspecified atom stereocenters. The minimum absolute atomic E-state index is 0.172. The van der Waals surface area contributed by atoms with Crippen molar-refractivity contribution in [1.29, 1.82) is 5.26 Å². The number of imide groups is 1. The fourth-order valence-corrected chi connectivity index (χ4v) is 6.80. The number of carbonyl (C=O) groups is 3. The first-order valence-corrected chi connectivity index (χ1v) is 15.1. The SMILES string of the molecule is N#Cc1ccc(N2CCN(C(O)(O)c3ccc(Cc4ccc5c6c(cccc46)C(=O)N5C4CCC(=O)NC4=O)cc3)CC2)c(F)c1. The van der Waals surface area contributed by atoms with Crippen molar-refractivity contribution in [2.45, 2.75) is 31.2 Å². The van der Waals surface area contributed by atoms with E-state index in [1.165, 1.54) is 15.9 Å². The minimum Gasteiger partial charge on any atom is -0.367 e. The Morgan fingerprint density at radius 1 is 0.935 bits per heavy atom. The van der Waals surface area contributed by atoms with Crippen molar-refractivity contribution in [2.24, 2.45) is 0 Å². The first-order chi connectivity index (χ1) is 22.2. The normalized spacial score (nSPS) is 18.7. The molecule has 2 fully saturated rings. The average Bonchev–Trinajstić information content (AvgIpc) is 3.34. The summed E-state index contributed by atoms with van der Waals surface area (Å²) in [4.78, 5) is 42.6. The molecule has 1 atom stereocenters. The van der Waals surface area contributed by atoms with Crippen molar-refractivity contribution in [3.05, 3.63) is 106 Å². The monoisotopic (exact) mass is 619 g/mol. The highest BCUT2D eigenvalue weighted by molar-refractivity contribution is 6.27. The molecule has 0 aromatic heterocycles. The molecule has 3 N–H and O–H groups in total. The van der Waals surface area contributed by atoms with E-state index in [0.29, 0.717) is 42.0 Å². The van der Waals surface area contributed by atoms with Crippen LogP contribution in [0.2, 0.25) is 0 Å². The van der Waals surface area contributed by atoms with Crippen molar-refractivity contribution in [1.82, 2.24) is 10.2 Å². The van der Waals surface area contributed by atoms with E-state index in [9.17, 15) is 29.0 Å². The molecule has 0 spiro atoms. The number of piperazine rings is 1. The first-order valence-electron chi connectivity index (χ1n) is 15.1. The number of benzene rings is 4. The van der Waals surface area contributed by atoms with Crippen LogP contribution in [0.5, 0.6) is 0 Å². The molecule has 10 nitrogen and oxygen atoms in total. The third kappa shape index (κ3) is 4.97. The molecule has 4 aromatic rings. The Hall–Kier alpha value is -5.15. The summed E-state index contributed by atoms with van der Waals surface area (Å²) in [5, 5.41) is 35.3. The van der Waals surface area contributed by atoms with Gasteiger partial charge >= 0.3 is 0 Å². The molecule has 2 saturated heterocycles. The van der Waals surface area contributed by atoms with Crippen molar-refractivity contribution in [2.75, 3.05) is 36.0 Å². The molecule has 11 heteroatoms. The number of nitrogens with one attached hydrogen (secondary N) is 1. The number of carbonyl (C=O) groups excluding carboxylic acids is 3. The Bertz CT molecular complexity index is 1950. The lowest BCUT2D eigenvalue weighted by Crippen LogP contribution is -2.55. The summed E-state index contributed by atoms with van der Waals surface area (Å²) >= 11 is 0. The van der Waals surface area contributed by atoms with Crippen LogP contribution in [0, 0.1) is 17.1 Å². The van der Waals surface area contributed by atoms with Crippen LogP contribution in [0.25, 0.3) is 10.8 Å². The molecule has 0 radical (unpaired) electrons. The fraction of sp³-hybridized carbons (Fsp3) is 0.257. The Morgan fingerprint density at radius 3 is 2.37 bits per heavy atom. The Morgan fingerprint density at radius 2 is 1.67 bits per heavy atom. The number of hydrogen-bond donors (Lipinski definition) is 3. The quantitative estimate of drug-likeness (QED) is 0.221. The lowest BCUT2D eigenvalue weighted by Gasteiger charge is -2.42. The van der Waals surface area contributed by atoms with Crippen molar-refractivity contribution >= 4 is 39.9 Å². The molecule has 46 heavy (non-hydrogen) atoms. The van der Waals surface area contributed by atoms with Crippen LogP contribution >= 0.6 is 0 Å². The van der Waals surface area contributed by atoms with Crippen molar-refractivity contribution in [3.63, 3.8) is 0 Å². The molecule has 232 valence electrons. The Labute approximate surface area is 263 Å². The van der Waals surface area contributed by atoms with Crippen LogP contribution < -0.4 is 15.1 Å². The zero-order chi connectivity index (χ0) is 32.2. The highest BCUT2D eigenvalue weighted by Crippen LogP contribution is 2.41. The van der Waals surface area contributed by atoms with Gasteiger partial charge in [0.2, 0.25) is 11.8 Å². The van der Waals surface area contributed by atoms with Gasteiger partial charge in [0.05, 0.1) is 23.0 Å². The van der Waals surface area contributed by atoms with E-state index in [4.69, 9.17) is 5.26 Å². The van der Waals surface area contributed by atoms with E-state index < -0.39 is 23.7 Å². The van der Waals surface area contributed by atoms with Gasteiger partial charge < -0.3 is 15.1 Å². The third-order valence-corrected chi connectivity index (χ3v) is 9.21. The average molecular weight is 620 g/mol. The maximum Gasteiger partial charge on any atom is 0.259 e. The van der Waals surface area contributed by atoms with Gasteiger partial charge in [0.1, 0.15) is 11.9 Å². The van der Waals surface area contributed by atoms with E-state index in [0.717, 1.165) is 21.9 Å². The summed E-state index contributed by atoms with van der Waals surface area (Å²) in [6.07, 6.45) is 0.958. The van der Waals surface area contributed by atoms with Crippen LogP contribution in [0.15, 0.2) is 72.8 Å². The number of hydrogen-bond acceptors (Lipinski definition) is 8. The predicted octanol–water partition coefficient (Wildman–Crippen LogP) is 3.12. The van der Waals surface area contributed by atoms with E-state index in [-0.39, 0.29) is 43.3 Å². The number of amides is 3. The zero-order valence-corrected chi connectivity index (χ0v) is 24.7.